The average Bonchev–Trinajstić information content (AvgIpc) is 3.16. The van der Waals surface area contributed by atoms with Crippen molar-refractivity contribution in [3.8, 4) is 0 Å². The lowest BCUT2D eigenvalue weighted by Gasteiger charge is -2.26. The molecule has 4 heteroatoms. The topological polar surface area (TPSA) is 32.3 Å². The highest BCUT2D eigenvalue weighted by atomic mass is 35.5. The first kappa shape index (κ1) is 16.3. The molecule has 1 N–H and O–H groups in total. The largest absolute Gasteiger partial charge is 0.317 e. The van der Waals surface area contributed by atoms with E-state index in [1.54, 1.807) is 0 Å². The van der Waals surface area contributed by atoms with Gasteiger partial charge in [0.1, 0.15) is 0 Å². The lowest BCUT2D eigenvalue weighted by Crippen LogP contribution is -2.36. The van der Waals surface area contributed by atoms with Gasteiger partial charge in [0.05, 0.1) is 0 Å². The van der Waals surface area contributed by atoms with Crippen molar-refractivity contribution in [1.82, 2.24) is 5.32 Å². The van der Waals surface area contributed by atoms with Crippen molar-refractivity contribution in [2.75, 3.05) is 24.5 Å². The SMILES string of the molecule is CCN(C(=O)C1CC12CCNCC2)c1ccc(C)cc1.Cl. The number of nitrogens with one attached hydrogen (secondary N) is 1. The van der Waals surface area contributed by atoms with Crippen LogP contribution in [0.15, 0.2) is 24.3 Å². The molecule has 2 fully saturated rings. The van der Waals surface area contributed by atoms with Crippen LogP contribution in [0.5, 0.6) is 0 Å². The average molecular weight is 309 g/mol. The first-order valence-corrected chi connectivity index (χ1v) is 7.75. The highest BCUT2D eigenvalue weighted by Gasteiger charge is 2.58. The summed E-state index contributed by atoms with van der Waals surface area (Å²) >= 11 is 0. The molecule has 0 aromatic heterocycles. The van der Waals surface area contributed by atoms with Crippen molar-refractivity contribution < 1.29 is 4.79 Å². The maximum absolute atomic E-state index is 12.8. The van der Waals surface area contributed by atoms with Crippen LogP contribution in [-0.2, 0) is 4.79 Å². The Morgan fingerprint density at radius 3 is 2.48 bits per heavy atom. The van der Waals surface area contributed by atoms with Gasteiger partial charge >= 0.3 is 0 Å². The van der Waals surface area contributed by atoms with E-state index in [2.05, 4.69) is 43.4 Å². The van der Waals surface area contributed by atoms with E-state index >= 15 is 0 Å². The van der Waals surface area contributed by atoms with Gasteiger partial charge in [-0.3, -0.25) is 4.79 Å². The van der Waals surface area contributed by atoms with E-state index in [-0.39, 0.29) is 18.3 Å². The number of rotatable bonds is 3. The number of benzene rings is 1. The summed E-state index contributed by atoms with van der Waals surface area (Å²) < 4.78 is 0. The third-order valence-electron chi connectivity index (χ3n) is 5.02. The second-order valence-corrected chi connectivity index (χ2v) is 6.29. The highest BCUT2D eigenvalue weighted by molar-refractivity contribution is 5.97. The molecule has 1 aliphatic carbocycles. The van der Waals surface area contributed by atoms with Crippen LogP contribution in [0.3, 0.4) is 0 Å². The molecule has 3 rings (SSSR count). The molecule has 116 valence electrons. The molecule has 1 saturated carbocycles. The molecule has 1 aliphatic heterocycles. The number of carbonyl (C=O) groups excluding carboxylic acids is 1. The maximum Gasteiger partial charge on any atom is 0.230 e. The molecule has 0 bridgehead atoms. The molecule has 1 amide bonds. The van der Waals surface area contributed by atoms with Crippen molar-refractivity contribution in [2.45, 2.75) is 33.1 Å². The van der Waals surface area contributed by atoms with Crippen molar-refractivity contribution in [1.29, 1.82) is 0 Å². The van der Waals surface area contributed by atoms with E-state index in [4.69, 9.17) is 0 Å². The maximum atomic E-state index is 12.8. The predicted octanol–water partition coefficient (Wildman–Crippen LogP) is 3.16. The Bertz CT molecular complexity index is 494. The molecule has 1 aromatic carbocycles. The van der Waals surface area contributed by atoms with Gasteiger partial charge in [0.25, 0.3) is 0 Å². The standard InChI is InChI=1S/C17H24N2O.ClH/c1-3-19(14-6-4-13(2)5-7-14)16(20)15-12-17(15)8-10-18-11-9-17;/h4-7,15,18H,3,8-12H2,1-2H3;1H. The number of nitrogens with zero attached hydrogens (tertiary/aromatic N) is 1. The zero-order valence-corrected chi connectivity index (χ0v) is 13.7. The number of carbonyl (C=O) groups is 1. The number of aryl methyl sites for hydroxylation is 1. The van der Waals surface area contributed by atoms with E-state index in [0.717, 1.165) is 44.6 Å². The number of hydrogen-bond acceptors (Lipinski definition) is 2. The molecule has 1 spiro atoms. The summed E-state index contributed by atoms with van der Waals surface area (Å²) in [5, 5.41) is 3.40. The molecule has 3 nitrogen and oxygen atoms in total. The fraction of sp³-hybridized carbons (Fsp3) is 0.588. The Balaban J connectivity index is 0.00000161. The third-order valence-corrected chi connectivity index (χ3v) is 5.02. The van der Waals surface area contributed by atoms with Crippen LogP contribution in [0.4, 0.5) is 5.69 Å². The fourth-order valence-electron chi connectivity index (χ4n) is 3.55. The minimum Gasteiger partial charge on any atom is -0.317 e. The fourth-order valence-corrected chi connectivity index (χ4v) is 3.55. The van der Waals surface area contributed by atoms with Crippen LogP contribution in [0, 0.1) is 18.3 Å². The first-order chi connectivity index (χ1) is 9.66. The molecule has 21 heavy (non-hydrogen) atoms. The molecule has 0 radical (unpaired) electrons. The van der Waals surface area contributed by atoms with E-state index in [1.807, 2.05) is 4.90 Å². The van der Waals surface area contributed by atoms with Gasteiger partial charge in [0.2, 0.25) is 5.91 Å². The van der Waals surface area contributed by atoms with Crippen LogP contribution in [0.1, 0.15) is 31.7 Å². The van der Waals surface area contributed by atoms with Gasteiger partial charge in [-0.25, -0.2) is 0 Å². The predicted molar refractivity (Wildman–Crippen MR) is 89.1 cm³/mol. The van der Waals surface area contributed by atoms with E-state index in [0.29, 0.717) is 11.3 Å². The molecule has 1 heterocycles. The van der Waals surface area contributed by atoms with Gasteiger partial charge in [-0.05, 0) is 63.7 Å². The van der Waals surface area contributed by atoms with Crippen molar-refractivity contribution >= 4 is 24.0 Å². The Kier molecular flexibility index (Phi) is 4.95. The Morgan fingerprint density at radius 1 is 1.29 bits per heavy atom. The van der Waals surface area contributed by atoms with Crippen LogP contribution >= 0.6 is 12.4 Å². The third kappa shape index (κ3) is 3.09. The Hall–Kier alpha value is -1.06. The minimum atomic E-state index is 0. The van der Waals surface area contributed by atoms with Crippen molar-refractivity contribution in [2.24, 2.45) is 11.3 Å². The monoisotopic (exact) mass is 308 g/mol. The summed E-state index contributed by atoms with van der Waals surface area (Å²) in [5.74, 6) is 0.587. The summed E-state index contributed by atoms with van der Waals surface area (Å²) in [6.45, 7) is 7.04. The normalized spacial score (nSPS) is 22.5. The smallest absolute Gasteiger partial charge is 0.230 e. The summed E-state index contributed by atoms with van der Waals surface area (Å²) in [5.41, 5.74) is 2.60. The van der Waals surface area contributed by atoms with Gasteiger partial charge in [-0.1, -0.05) is 17.7 Å². The minimum absolute atomic E-state index is 0. The molecule has 2 aliphatic rings. The van der Waals surface area contributed by atoms with Gasteiger partial charge in [-0.2, -0.15) is 0 Å². The van der Waals surface area contributed by atoms with Gasteiger partial charge in [-0.15, -0.1) is 12.4 Å². The van der Waals surface area contributed by atoms with Gasteiger partial charge < -0.3 is 10.2 Å². The first-order valence-electron chi connectivity index (χ1n) is 7.75. The zero-order chi connectivity index (χ0) is 14.2. The Morgan fingerprint density at radius 2 is 1.90 bits per heavy atom. The molecule has 1 aromatic rings. The quantitative estimate of drug-likeness (QED) is 0.930. The highest BCUT2D eigenvalue weighted by Crippen LogP contribution is 2.59. The van der Waals surface area contributed by atoms with Crippen molar-refractivity contribution in [3.63, 3.8) is 0 Å². The van der Waals surface area contributed by atoms with Crippen molar-refractivity contribution in [3.05, 3.63) is 29.8 Å². The van der Waals surface area contributed by atoms with E-state index in [9.17, 15) is 4.79 Å². The van der Waals surface area contributed by atoms with Gasteiger partial charge in [0, 0.05) is 18.2 Å². The second-order valence-electron chi connectivity index (χ2n) is 6.29. The van der Waals surface area contributed by atoms with Crippen LogP contribution in [-0.4, -0.2) is 25.5 Å². The molecular weight excluding hydrogens is 284 g/mol. The lowest BCUT2D eigenvalue weighted by atomic mass is 9.91. The molecule has 1 saturated heterocycles. The number of hydrogen-bond donors (Lipinski definition) is 1. The number of amides is 1. The van der Waals surface area contributed by atoms with E-state index in [1.165, 1.54) is 5.56 Å². The van der Waals surface area contributed by atoms with Crippen LogP contribution < -0.4 is 10.2 Å². The summed E-state index contributed by atoms with van der Waals surface area (Å²) in [6.07, 6.45) is 3.42. The molecule has 1 unspecified atom stereocenters. The zero-order valence-electron chi connectivity index (χ0n) is 12.9. The number of piperidine rings is 1. The summed E-state index contributed by atoms with van der Waals surface area (Å²) in [6, 6.07) is 8.29. The number of halogens is 1. The number of anilines is 1. The van der Waals surface area contributed by atoms with Crippen LogP contribution in [0.2, 0.25) is 0 Å². The lowest BCUT2D eigenvalue weighted by molar-refractivity contribution is -0.120. The summed E-state index contributed by atoms with van der Waals surface area (Å²) in [4.78, 5) is 14.8. The second kappa shape index (κ2) is 6.37. The Labute approximate surface area is 133 Å². The molecular formula is C17H25ClN2O. The van der Waals surface area contributed by atoms with Crippen LogP contribution in [0.25, 0.3) is 0 Å². The van der Waals surface area contributed by atoms with E-state index < -0.39 is 0 Å². The summed E-state index contributed by atoms with van der Waals surface area (Å²) in [7, 11) is 0. The molecule has 1 atom stereocenters. The van der Waals surface area contributed by atoms with Gasteiger partial charge in [0.15, 0.2) is 0 Å².